The highest BCUT2D eigenvalue weighted by molar-refractivity contribution is 6.06. The van der Waals surface area contributed by atoms with Gasteiger partial charge in [0.05, 0.1) is 78.1 Å². The molecule has 5 fully saturated rings. The van der Waals surface area contributed by atoms with E-state index < -0.39 is 188 Å². The summed E-state index contributed by atoms with van der Waals surface area (Å²) in [5.41, 5.74) is -1.55. The van der Waals surface area contributed by atoms with Gasteiger partial charge in [0, 0.05) is 56.6 Å². The van der Waals surface area contributed by atoms with E-state index >= 15 is 0 Å². The summed E-state index contributed by atoms with van der Waals surface area (Å²) in [7, 11) is 1.21. The van der Waals surface area contributed by atoms with E-state index in [1.54, 1.807) is 53.7 Å². The average molecular weight is 1090 g/mol. The zero-order valence-corrected chi connectivity index (χ0v) is 44.1. The maximum Gasteiger partial charge on any atom is 0.202 e. The van der Waals surface area contributed by atoms with Crippen LogP contribution in [0.1, 0.15) is 93.9 Å². The number of ketones is 2. The lowest BCUT2D eigenvalue weighted by molar-refractivity contribution is -0.335. The van der Waals surface area contributed by atoms with Crippen LogP contribution in [0.4, 0.5) is 0 Å². The zero-order chi connectivity index (χ0) is 55.6. The third kappa shape index (κ3) is 12.0. The Kier molecular flexibility index (Phi) is 18.3. The van der Waals surface area contributed by atoms with Crippen molar-refractivity contribution in [3.05, 3.63) is 46.1 Å². The molecule has 430 valence electrons. The van der Waals surface area contributed by atoms with E-state index in [1.165, 1.54) is 21.0 Å². The number of aliphatic hydroxyl groups excluding tert-OH is 10. The van der Waals surface area contributed by atoms with Gasteiger partial charge < -0.3 is 108 Å². The van der Waals surface area contributed by atoms with Crippen LogP contribution in [0.3, 0.4) is 0 Å². The molecule has 0 aromatic heterocycles. The number of hydrogen-bond acceptors (Lipinski definition) is 24. The lowest BCUT2D eigenvalue weighted by atomic mass is 9.68. The Morgan fingerprint density at radius 3 is 1.70 bits per heavy atom. The molecular weight excluding hydrogens is 1010 g/mol. The Balaban J connectivity index is 1.03. The minimum Gasteiger partial charge on any atom is -0.509 e. The number of carbonyl (C=O) groups excluding carboxylic acids is 2. The number of hydrogen-bond donors (Lipinski definition) is 11. The highest BCUT2D eigenvalue weighted by Crippen LogP contribution is 2.49. The van der Waals surface area contributed by atoms with Crippen molar-refractivity contribution in [3.63, 3.8) is 0 Å². The van der Waals surface area contributed by atoms with Gasteiger partial charge >= 0.3 is 0 Å². The first-order chi connectivity index (χ1) is 35.7. The van der Waals surface area contributed by atoms with Crippen molar-refractivity contribution in [2.75, 3.05) is 7.11 Å². The summed E-state index contributed by atoms with van der Waals surface area (Å²) in [6.07, 6.45) is -23.3. The van der Waals surface area contributed by atoms with E-state index in [-0.39, 0.29) is 61.0 Å². The Morgan fingerprint density at radius 2 is 1.17 bits per heavy atom. The fraction of sp³-hybridized carbons (Fsp3) is 0.808. The van der Waals surface area contributed by atoms with Gasteiger partial charge in [0.25, 0.3) is 0 Å². The van der Waals surface area contributed by atoms with Crippen LogP contribution in [0, 0.1) is 17.8 Å². The maximum absolute atomic E-state index is 14.3. The van der Waals surface area contributed by atoms with Crippen LogP contribution in [0.2, 0.25) is 0 Å². The molecule has 0 aromatic carbocycles. The molecule has 0 radical (unpaired) electrons. The normalized spacial score (nSPS) is 46.5. The van der Waals surface area contributed by atoms with Crippen molar-refractivity contribution in [2.24, 2.45) is 17.8 Å². The predicted molar refractivity (Wildman–Crippen MR) is 257 cm³/mol. The number of methoxy groups -OCH3 is 1. The van der Waals surface area contributed by atoms with Crippen molar-refractivity contribution < 1.29 is 118 Å². The van der Waals surface area contributed by atoms with Gasteiger partial charge in [-0.05, 0) is 73.5 Å². The van der Waals surface area contributed by atoms with Crippen LogP contribution in [0.5, 0.6) is 0 Å². The second kappa shape index (κ2) is 23.6. The minimum atomic E-state index is -1.92. The molecule has 5 saturated heterocycles. The van der Waals surface area contributed by atoms with Crippen molar-refractivity contribution in [1.29, 1.82) is 0 Å². The Labute approximate surface area is 440 Å². The lowest BCUT2D eigenvalue weighted by Crippen LogP contribution is -2.58. The Bertz CT molecular complexity index is 2200. The molecule has 27 atom stereocenters. The number of allylic oxidation sites excluding steroid dienone is 6. The van der Waals surface area contributed by atoms with Gasteiger partial charge in [-0.2, -0.15) is 0 Å². The highest BCUT2D eigenvalue weighted by atomic mass is 16.7. The molecule has 24 nitrogen and oxygen atoms in total. The van der Waals surface area contributed by atoms with E-state index in [2.05, 4.69) is 0 Å². The van der Waals surface area contributed by atoms with Crippen LogP contribution in [0.15, 0.2) is 46.1 Å². The summed E-state index contributed by atoms with van der Waals surface area (Å²) >= 11 is 0. The minimum absolute atomic E-state index is 0.0301. The fourth-order valence-corrected chi connectivity index (χ4v) is 11.7. The molecule has 0 bridgehead atoms. The number of carbonyl (C=O) groups is 2. The summed E-state index contributed by atoms with van der Waals surface area (Å²) in [6.45, 7) is 12.2. The average Bonchev–Trinajstić information content (AvgIpc) is 3.38. The van der Waals surface area contributed by atoms with E-state index in [4.69, 9.17) is 52.1 Å². The summed E-state index contributed by atoms with van der Waals surface area (Å²) in [5.74, 6) is -5.62. The molecule has 27 unspecified atom stereocenters. The number of rotatable bonds is 15. The van der Waals surface area contributed by atoms with E-state index in [0.29, 0.717) is 0 Å². The van der Waals surface area contributed by atoms with Gasteiger partial charge in [0.1, 0.15) is 66.1 Å². The third-order valence-electron chi connectivity index (χ3n) is 16.2. The molecule has 3 aliphatic carbocycles. The van der Waals surface area contributed by atoms with Gasteiger partial charge in [0.15, 0.2) is 36.7 Å². The standard InChI is InChI=1S/C52H78O24/c1-18-29(72-34-14-30(43(58)21(4)68-34)73-33-13-28(54)42(57)20(3)67-33)12-26-10-25-11-27(49(66-9)48(63)41(56)19(2)53)50(47(62)39(25)46(61)38(26)40(18)55)76-36-16-31(44(59)23(6)70-36)74-35-15-32(45(60)22(5)69-35)75-37-17-52(8,65)51(64)24(7)71-37/h10,12,18-25,27-28,30-37,41-45,49-51,53-54,56-62,64-65H,11,13-17H2,1-9H3. The van der Waals surface area contributed by atoms with Crippen molar-refractivity contribution in [1.82, 2.24) is 0 Å². The van der Waals surface area contributed by atoms with Crippen LogP contribution >= 0.6 is 0 Å². The number of Topliss-reactive ketones (excluding diaryl/α,β-unsaturated/α-hetero) is 2. The first kappa shape index (κ1) is 59.1. The molecular formula is C52H78O24. The highest BCUT2D eigenvalue weighted by Gasteiger charge is 2.53. The van der Waals surface area contributed by atoms with E-state index in [1.807, 2.05) is 0 Å². The number of aliphatic hydroxyl groups is 11. The first-order valence-electron chi connectivity index (χ1n) is 26.3. The molecule has 24 heteroatoms. The second-order valence-electron chi connectivity index (χ2n) is 22.1. The van der Waals surface area contributed by atoms with Crippen LogP contribution in [-0.2, 0) is 61.7 Å². The Hall–Kier alpha value is -3.06. The molecule has 0 aromatic rings. The molecule has 0 spiro atoms. The maximum atomic E-state index is 14.3. The van der Waals surface area contributed by atoms with Crippen molar-refractivity contribution in [2.45, 2.75) is 241 Å². The summed E-state index contributed by atoms with van der Waals surface area (Å²) in [5, 5.41) is 121. The predicted octanol–water partition coefficient (Wildman–Crippen LogP) is -0.236. The second-order valence-corrected chi connectivity index (χ2v) is 22.1. The molecule has 8 aliphatic rings. The SMILES string of the molecule is COC(C(=O)C(O)C(C)O)C1CC2C=C3C=C(OC4CC(OC5CC(O)C(O)C(C)O5)C(O)C(C)O4)C(C)C(=O)C3=C(O)C2=C(O)C1OC1CC(OC2CC(OC3CC(C)(O)C(O)C(C)O3)C(O)C(C)O2)C(O)C(C)O1. The van der Waals surface area contributed by atoms with Gasteiger partial charge in [-0.3, -0.25) is 9.59 Å². The number of ether oxygens (including phenoxy) is 11. The molecule has 0 saturated carbocycles. The van der Waals surface area contributed by atoms with Crippen molar-refractivity contribution >= 4 is 11.6 Å². The Morgan fingerprint density at radius 1 is 0.684 bits per heavy atom. The van der Waals surface area contributed by atoms with Crippen LogP contribution in [-0.4, -0.2) is 222 Å². The van der Waals surface area contributed by atoms with Crippen LogP contribution in [0.25, 0.3) is 0 Å². The van der Waals surface area contributed by atoms with Crippen LogP contribution < -0.4 is 0 Å². The van der Waals surface area contributed by atoms with Crippen molar-refractivity contribution in [3.8, 4) is 0 Å². The van der Waals surface area contributed by atoms with Gasteiger partial charge in [-0.25, -0.2) is 0 Å². The molecule has 5 aliphatic heterocycles. The van der Waals surface area contributed by atoms with Gasteiger partial charge in [0.2, 0.25) is 6.29 Å². The monoisotopic (exact) mass is 1090 g/mol. The fourth-order valence-electron chi connectivity index (χ4n) is 11.7. The molecule has 11 N–H and O–H groups in total. The van der Waals surface area contributed by atoms with E-state index in [9.17, 15) is 65.8 Å². The smallest absolute Gasteiger partial charge is 0.202 e. The van der Waals surface area contributed by atoms with Gasteiger partial charge in [-0.1, -0.05) is 6.08 Å². The molecule has 76 heavy (non-hydrogen) atoms. The molecule has 8 rings (SSSR count). The lowest BCUT2D eigenvalue weighted by Gasteiger charge is -2.46. The number of fused-ring (bicyclic) bond motifs is 2. The molecule has 5 heterocycles. The quantitative estimate of drug-likeness (QED) is 0.101. The summed E-state index contributed by atoms with van der Waals surface area (Å²) < 4.78 is 66.7. The van der Waals surface area contributed by atoms with E-state index in [0.717, 1.165) is 0 Å². The topological polar surface area (TPSA) is 358 Å². The largest absolute Gasteiger partial charge is 0.509 e. The summed E-state index contributed by atoms with van der Waals surface area (Å²) in [6, 6.07) is 0. The van der Waals surface area contributed by atoms with Gasteiger partial charge in [-0.15, -0.1) is 0 Å². The zero-order valence-electron chi connectivity index (χ0n) is 44.1. The molecule has 0 amide bonds. The summed E-state index contributed by atoms with van der Waals surface area (Å²) in [4.78, 5) is 28.3. The first-order valence-corrected chi connectivity index (χ1v) is 26.3. The third-order valence-corrected chi connectivity index (χ3v) is 16.2.